The Hall–Kier alpha value is -4.38. The number of nitrogens with one attached hydrogen (secondary N) is 1. The Morgan fingerprint density at radius 1 is 0.636 bits per heavy atom. The number of rotatable bonds is 5. The summed E-state index contributed by atoms with van der Waals surface area (Å²) in [5, 5.41) is 15.6. The molecule has 160 valence electrons. The smallest absolute Gasteiger partial charge is 0.0936 e. The van der Waals surface area contributed by atoms with E-state index in [1.807, 2.05) is 85.8 Å². The first-order valence-electron chi connectivity index (χ1n) is 11.0. The van der Waals surface area contributed by atoms with E-state index in [-0.39, 0.29) is 0 Å². The molecule has 33 heavy (non-hydrogen) atoms. The second kappa shape index (κ2) is 9.40. The molecule has 0 saturated heterocycles. The van der Waals surface area contributed by atoms with E-state index in [9.17, 15) is 0 Å². The molecule has 0 saturated carbocycles. The molecule has 0 spiro atoms. The molecule has 0 bridgehead atoms. The van der Waals surface area contributed by atoms with Crippen LogP contribution in [-0.2, 0) is 0 Å². The maximum Gasteiger partial charge on any atom is 0.0936 e. The van der Waals surface area contributed by atoms with E-state index in [2.05, 4.69) is 44.9 Å². The highest BCUT2D eigenvalue weighted by atomic mass is 15.3. The van der Waals surface area contributed by atoms with E-state index in [4.69, 9.17) is 5.10 Å². The van der Waals surface area contributed by atoms with E-state index in [0.717, 1.165) is 56.9 Å². The molecule has 0 aliphatic heterocycles. The highest BCUT2D eigenvalue weighted by molar-refractivity contribution is 6.25. The molecule has 1 aliphatic carbocycles. The normalized spacial score (nSPS) is 15.4. The number of nitrogens with zero attached hydrogens (tertiary/aromatic N) is 4. The Bertz CT molecular complexity index is 1410. The van der Waals surface area contributed by atoms with E-state index in [1.54, 1.807) is 0 Å². The lowest BCUT2D eigenvalue weighted by molar-refractivity contribution is 1.13. The summed E-state index contributed by atoms with van der Waals surface area (Å²) in [7, 11) is 0. The van der Waals surface area contributed by atoms with Gasteiger partial charge in [0.2, 0.25) is 0 Å². The summed E-state index contributed by atoms with van der Waals surface area (Å²) in [4.78, 5) is 4.60. The number of hydrogen-bond acceptors (Lipinski definition) is 5. The van der Waals surface area contributed by atoms with Gasteiger partial charge in [-0.15, -0.1) is 5.11 Å². The predicted octanol–water partition coefficient (Wildman–Crippen LogP) is 7.45. The number of fused-ring (bicyclic) bond motifs is 2. The van der Waals surface area contributed by atoms with E-state index in [0.29, 0.717) is 0 Å². The fraction of sp³-hybridized carbons (Fsp3) is 0.0714. The number of aliphatic imine (C=N–C) groups is 1. The van der Waals surface area contributed by atoms with Gasteiger partial charge in [0.1, 0.15) is 0 Å². The molecule has 5 rings (SSSR count). The second-order valence-electron chi connectivity index (χ2n) is 7.56. The van der Waals surface area contributed by atoms with Crippen molar-refractivity contribution >= 4 is 39.3 Å². The Kier molecular flexibility index (Phi) is 5.85. The molecule has 0 atom stereocenters. The average molecular weight is 430 g/mol. The minimum Gasteiger partial charge on any atom is -0.285 e. The minimum absolute atomic E-state index is 0.749. The maximum atomic E-state index is 4.73. The van der Waals surface area contributed by atoms with Crippen LogP contribution in [0.5, 0.6) is 0 Å². The van der Waals surface area contributed by atoms with Crippen molar-refractivity contribution in [3.8, 4) is 0 Å². The van der Waals surface area contributed by atoms with E-state index < -0.39 is 0 Å². The lowest BCUT2D eigenvalue weighted by atomic mass is 9.94. The van der Waals surface area contributed by atoms with E-state index in [1.165, 1.54) is 0 Å². The first-order chi connectivity index (χ1) is 16.3. The van der Waals surface area contributed by atoms with Crippen LogP contribution in [0.3, 0.4) is 0 Å². The largest absolute Gasteiger partial charge is 0.285 e. The molecule has 5 heteroatoms. The van der Waals surface area contributed by atoms with Crippen molar-refractivity contribution in [1.82, 2.24) is 0 Å². The fourth-order valence-corrected chi connectivity index (χ4v) is 3.87. The lowest BCUT2D eigenvalue weighted by Gasteiger charge is -2.15. The van der Waals surface area contributed by atoms with Gasteiger partial charge in [-0.2, -0.15) is 10.2 Å². The molecule has 0 unspecified atom stereocenters. The van der Waals surface area contributed by atoms with Gasteiger partial charge in [-0.1, -0.05) is 66.7 Å². The van der Waals surface area contributed by atoms with Crippen LogP contribution < -0.4 is 5.43 Å². The Morgan fingerprint density at radius 3 is 2.09 bits per heavy atom. The summed E-state index contributed by atoms with van der Waals surface area (Å²) in [6.07, 6.45) is 4.03. The van der Waals surface area contributed by atoms with E-state index >= 15 is 0 Å². The third-order valence-electron chi connectivity index (χ3n) is 5.43. The van der Waals surface area contributed by atoms with Gasteiger partial charge in [0.25, 0.3) is 0 Å². The summed E-state index contributed by atoms with van der Waals surface area (Å²) in [5.41, 5.74) is 9.85. The second-order valence-corrected chi connectivity index (χ2v) is 7.56. The molecule has 0 radical (unpaired) electrons. The standard InChI is InChI=1S/C28H23N5/c1-2-29-25-16-17-27(22-13-7-6-12-21(22)25)32-33-28-19-18-26(23-14-8-9-15-24(23)28)31-30-20-10-4-3-5-11-20/h3-19,33H,2H2,1H3/b29-25+,31-30+,32-27-. The van der Waals surface area contributed by atoms with Crippen molar-refractivity contribution in [3.63, 3.8) is 0 Å². The van der Waals surface area contributed by atoms with Gasteiger partial charge < -0.3 is 0 Å². The maximum absolute atomic E-state index is 4.73. The van der Waals surface area contributed by atoms with Crippen LogP contribution in [-0.4, -0.2) is 18.0 Å². The number of anilines is 1. The van der Waals surface area contributed by atoms with Crippen molar-refractivity contribution in [2.75, 3.05) is 12.0 Å². The van der Waals surface area contributed by atoms with Gasteiger partial charge in [-0.05, 0) is 43.3 Å². The first-order valence-corrected chi connectivity index (χ1v) is 11.0. The SMILES string of the molecule is CC/N=C1C=C/C(=N/Nc2ccc(/N=N/c3ccccc3)c3ccccc23)c2ccccc2\1. The number of azo groups is 1. The molecule has 0 amide bonds. The molecule has 0 fully saturated rings. The Morgan fingerprint density at radius 2 is 1.30 bits per heavy atom. The average Bonchev–Trinajstić information content (AvgIpc) is 2.88. The molecule has 0 aromatic heterocycles. The predicted molar refractivity (Wildman–Crippen MR) is 137 cm³/mol. The zero-order valence-electron chi connectivity index (χ0n) is 18.3. The van der Waals surface area contributed by atoms with Gasteiger partial charge >= 0.3 is 0 Å². The molecule has 0 heterocycles. The van der Waals surface area contributed by atoms with Crippen molar-refractivity contribution in [3.05, 3.63) is 114 Å². The zero-order chi connectivity index (χ0) is 22.5. The van der Waals surface area contributed by atoms with Gasteiger partial charge in [-0.3, -0.25) is 10.4 Å². The fourth-order valence-electron chi connectivity index (χ4n) is 3.87. The van der Waals surface area contributed by atoms with Crippen LogP contribution in [0.1, 0.15) is 18.1 Å². The summed E-state index contributed by atoms with van der Waals surface area (Å²) in [5.74, 6) is 0. The lowest BCUT2D eigenvalue weighted by Crippen LogP contribution is -2.14. The van der Waals surface area contributed by atoms with Crippen LogP contribution in [0.25, 0.3) is 10.8 Å². The molecular formula is C28H23N5. The highest BCUT2D eigenvalue weighted by Crippen LogP contribution is 2.33. The van der Waals surface area contributed by atoms with Crippen LogP contribution in [0, 0.1) is 0 Å². The van der Waals surface area contributed by atoms with Crippen LogP contribution in [0.4, 0.5) is 17.1 Å². The van der Waals surface area contributed by atoms with Gasteiger partial charge in [0.15, 0.2) is 0 Å². The van der Waals surface area contributed by atoms with Crippen molar-refractivity contribution in [2.45, 2.75) is 6.92 Å². The topological polar surface area (TPSA) is 61.5 Å². The monoisotopic (exact) mass is 429 g/mol. The molecular weight excluding hydrogens is 406 g/mol. The van der Waals surface area contributed by atoms with Crippen LogP contribution in [0.2, 0.25) is 0 Å². The summed E-state index contributed by atoms with van der Waals surface area (Å²) in [6.45, 7) is 2.79. The molecule has 1 N–H and O–H groups in total. The van der Waals surface area contributed by atoms with Gasteiger partial charge in [-0.25, -0.2) is 0 Å². The van der Waals surface area contributed by atoms with Gasteiger partial charge in [0, 0.05) is 28.4 Å². The third kappa shape index (κ3) is 4.34. The summed E-state index contributed by atoms with van der Waals surface area (Å²) < 4.78 is 0. The Labute approximate surface area is 192 Å². The van der Waals surface area contributed by atoms with Crippen molar-refractivity contribution in [2.24, 2.45) is 20.3 Å². The van der Waals surface area contributed by atoms with Crippen molar-refractivity contribution in [1.29, 1.82) is 0 Å². The highest BCUT2D eigenvalue weighted by Gasteiger charge is 2.15. The zero-order valence-corrected chi connectivity index (χ0v) is 18.3. The number of hydrogen-bond donors (Lipinski definition) is 1. The molecule has 5 nitrogen and oxygen atoms in total. The molecule has 4 aromatic rings. The number of benzene rings is 4. The number of allylic oxidation sites excluding steroid dienone is 2. The molecule has 1 aliphatic rings. The van der Waals surface area contributed by atoms with Crippen molar-refractivity contribution < 1.29 is 0 Å². The van der Waals surface area contributed by atoms with Crippen LogP contribution >= 0.6 is 0 Å². The summed E-state index contributed by atoms with van der Waals surface area (Å²) >= 11 is 0. The minimum atomic E-state index is 0.749. The quantitative estimate of drug-likeness (QED) is 0.260. The third-order valence-corrected chi connectivity index (χ3v) is 5.43. The Balaban J connectivity index is 1.48. The van der Waals surface area contributed by atoms with Gasteiger partial charge in [0.05, 0.1) is 28.5 Å². The first kappa shape index (κ1) is 20.5. The molecule has 4 aromatic carbocycles. The van der Waals surface area contributed by atoms with Crippen LogP contribution in [0.15, 0.2) is 123 Å². The number of hydrazone groups is 1. The summed E-state index contributed by atoms with van der Waals surface area (Å²) in [6, 6.07) is 30.1.